The molecule has 0 radical (unpaired) electrons. The molecule has 21 heavy (non-hydrogen) atoms. The van der Waals surface area contributed by atoms with Gasteiger partial charge in [-0.05, 0) is 31.9 Å². The molecule has 2 N–H and O–H groups in total. The highest BCUT2D eigenvalue weighted by molar-refractivity contribution is 5.76. The van der Waals surface area contributed by atoms with Gasteiger partial charge in [0.15, 0.2) is 0 Å². The lowest BCUT2D eigenvalue weighted by Crippen LogP contribution is -2.32. The number of rotatable bonds is 4. The van der Waals surface area contributed by atoms with Crippen molar-refractivity contribution in [3.05, 3.63) is 33.3 Å². The normalized spacial score (nSPS) is 13.7. The third-order valence-electron chi connectivity index (χ3n) is 3.62. The van der Waals surface area contributed by atoms with Crippen LogP contribution in [0.25, 0.3) is 5.01 Å². The lowest BCUT2D eigenvalue weighted by atomic mass is 9.99. The van der Waals surface area contributed by atoms with Gasteiger partial charge in [-0.25, -0.2) is 4.79 Å². The summed E-state index contributed by atoms with van der Waals surface area (Å²) in [5, 5.41) is 14.4. The van der Waals surface area contributed by atoms with Crippen LogP contribution < -0.4 is 10.1 Å². The first kappa shape index (κ1) is 15.0. The first-order valence-corrected chi connectivity index (χ1v) is 6.91. The molecule has 0 atom stereocenters. The highest BCUT2D eigenvalue weighted by atomic mass is 16.5. The Morgan fingerprint density at radius 1 is 1.43 bits per heavy atom. The summed E-state index contributed by atoms with van der Waals surface area (Å²) in [5.41, 5.74) is 3.61. The molecule has 1 fully saturated rings. The molecule has 0 bridgehead atoms. The molecule has 0 aromatic heterocycles. The van der Waals surface area contributed by atoms with Gasteiger partial charge >= 0.3 is 12.1 Å². The lowest BCUT2D eigenvalue weighted by molar-refractivity contribution is 0.202. The molecule has 6 nitrogen and oxygen atoms in total. The van der Waals surface area contributed by atoms with Crippen LogP contribution in [0, 0.1) is 26.8 Å². The van der Waals surface area contributed by atoms with Crippen molar-refractivity contribution in [2.75, 3.05) is 26.2 Å². The predicted molar refractivity (Wildman–Crippen MR) is 79.3 cm³/mol. The zero-order valence-electron chi connectivity index (χ0n) is 12.6. The minimum absolute atomic E-state index is 0.0441. The van der Waals surface area contributed by atoms with Gasteiger partial charge in [0.1, 0.15) is 17.9 Å². The first-order chi connectivity index (χ1) is 10.0. The molecule has 1 aliphatic rings. The average molecular weight is 290 g/mol. The molecule has 1 saturated heterocycles. The summed E-state index contributed by atoms with van der Waals surface area (Å²) in [7, 11) is 0. The Labute approximate surface area is 124 Å². The molecule has 0 unspecified atom stereocenters. The lowest BCUT2D eigenvalue weighted by Gasteiger charge is -2.17. The van der Waals surface area contributed by atoms with Crippen LogP contribution in [-0.4, -0.2) is 42.4 Å². The molecule has 6 heteroatoms. The van der Waals surface area contributed by atoms with Crippen LogP contribution in [0.3, 0.4) is 0 Å². The number of nitrogens with zero attached hydrogens (tertiary/aromatic N) is 2. The molecule has 1 aliphatic heterocycles. The van der Waals surface area contributed by atoms with Crippen LogP contribution in [0.2, 0.25) is 0 Å². The van der Waals surface area contributed by atoms with E-state index in [2.05, 4.69) is 16.4 Å². The van der Waals surface area contributed by atoms with Crippen molar-refractivity contribution >= 4 is 6.03 Å². The zero-order valence-corrected chi connectivity index (χ0v) is 12.6. The second-order valence-electron chi connectivity index (χ2n) is 5.12. The fraction of sp³-hybridized carbons (Fsp3) is 0.467. The predicted octanol–water partition coefficient (Wildman–Crippen LogP) is 2.09. The fourth-order valence-corrected chi connectivity index (χ4v) is 2.59. The Hall–Kier alpha value is -2.42. The number of carbonyl (C=O) groups excluding carboxylic acids is 1. The largest absolute Gasteiger partial charge is 0.491 e. The Kier molecular flexibility index (Phi) is 4.53. The van der Waals surface area contributed by atoms with E-state index in [1.54, 1.807) is 4.90 Å². The second kappa shape index (κ2) is 6.35. The number of carbonyl (C=O) groups is 1. The van der Waals surface area contributed by atoms with E-state index in [4.69, 9.17) is 9.94 Å². The second-order valence-corrected chi connectivity index (χ2v) is 5.12. The van der Waals surface area contributed by atoms with Gasteiger partial charge in [0.25, 0.3) is 0 Å². The van der Waals surface area contributed by atoms with Gasteiger partial charge in [-0.2, -0.15) is 5.21 Å². The minimum atomic E-state index is -0.0441. The Morgan fingerprint density at radius 2 is 2.19 bits per heavy atom. The molecule has 0 spiro atoms. The molecule has 0 aliphatic carbocycles. The highest BCUT2D eigenvalue weighted by Gasteiger charge is 2.20. The van der Waals surface area contributed by atoms with E-state index < -0.39 is 0 Å². The average Bonchev–Trinajstić information content (AvgIpc) is 2.84. The van der Waals surface area contributed by atoms with Crippen molar-refractivity contribution in [2.24, 2.45) is 0 Å². The SMILES string of the molecule is Cc1cc(C)c(OCCN2CCNC2=O)c(C)c1C#[N+]O. The maximum absolute atomic E-state index is 11.4. The molecular weight excluding hydrogens is 270 g/mol. The zero-order chi connectivity index (χ0) is 15.4. The first-order valence-electron chi connectivity index (χ1n) is 6.91. The standard InChI is InChI=1S/C15H19N3O3/c1-10-8-11(2)14(12(3)13(10)9-17-20)21-7-6-18-5-4-16-15(18)19/h8H,4-7H2,1-3H3,(H-,16,19,20)/p+1. The summed E-state index contributed by atoms with van der Waals surface area (Å²) >= 11 is 0. The monoisotopic (exact) mass is 290 g/mol. The topological polar surface area (TPSA) is 66.2 Å². The molecule has 1 heterocycles. The molecule has 112 valence electrons. The molecule has 0 saturated carbocycles. The van der Waals surface area contributed by atoms with Gasteiger partial charge in [0.2, 0.25) is 5.01 Å². The molecule has 1 aromatic carbocycles. The number of nitrogens with one attached hydrogen (secondary N) is 1. The van der Waals surface area contributed by atoms with Crippen molar-refractivity contribution in [1.29, 1.82) is 0 Å². The van der Waals surface area contributed by atoms with Gasteiger partial charge in [-0.3, -0.25) is 0 Å². The summed E-state index contributed by atoms with van der Waals surface area (Å²) in [6.45, 7) is 8.19. The van der Waals surface area contributed by atoms with Gasteiger partial charge in [0.05, 0.1) is 6.54 Å². The van der Waals surface area contributed by atoms with Gasteiger partial charge < -0.3 is 15.0 Å². The Balaban J connectivity index is 2.10. The third kappa shape index (κ3) is 3.19. The third-order valence-corrected chi connectivity index (χ3v) is 3.62. The highest BCUT2D eigenvalue weighted by Crippen LogP contribution is 2.28. The van der Waals surface area contributed by atoms with Crippen molar-refractivity contribution in [2.45, 2.75) is 20.8 Å². The number of benzene rings is 1. The minimum Gasteiger partial charge on any atom is -0.491 e. The number of hydrogen-bond donors (Lipinski definition) is 2. The summed E-state index contributed by atoms with van der Waals surface area (Å²) in [5.74, 6) is 0.756. The maximum Gasteiger partial charge on any atom is 0.388 e. The van der Waals surface area contributed by atoms with Crippen LogP contribution in [0.5, 0.6) is 5.75 Å². The fourth-order valence-electron chi connectivity index (χ4n) is 2.59. The number of amides is 2. The van der Waals surface area contributed by atoms with Crippen LogP contribution in [-0.2, 0) is 0 Å². The van der Waals surface area contributed by atoms with Crippen LogP contribution in [0.1, 0.15) is 22.3 Å². The van der Waals surface area contributed by atoms with Crippen LogP contribution in [0.4, 0.5) is 4.79 Å². The van der Waals surface area contributed by atoms with E-state index in [-0.39, 0.29) is 6.03 Å². The van der Waals surface area contributed by atoms with E-state index in [0.717, 1.165) is 28.0 Å². The Bertz CT molecular complexity index is 617. The smallest absolute Gasteiger partial charge is 0.388 e. The summed E-state index contributed by atoms with van der Waals surface area (Å²) in [6.07, 6.45) is 0. The molecule has 2 amide bonds. The van der Waals surface area contributed by atoms with Gasteiger partial charge in [-0.1, -0.05) is 6.07 Å². The number of hydrogen-bond acceptors (Lipinski definition) is 3. The van der Waals surface area contributed by atoms with Gasteiger partial charge in [-0.15, -0.1) is 0 Å². The van der Waals surface area contributed by atoms with Gasteiger partial charge in [0, 0.05) is 18.7 Å². The van der Waals surface area contributed by atoms with Crippen molar-refractivity contribution in [1.82, 2.24) is 10.2 Å². The van der Waals surface area contributed by atoms with Crippen LogP contribution >= 0.6 is 0 Å². The number of aryl methyl sites for hydroxylation is 2. The van der Waals surface area contributed by atoms with E-state index in [0.29, 0.717) is 26.2 Å². The van der Waals surface area contributed by atoms with Crippen molar-refractivity contribution in [3.8, 4) is 11.8 Å². The van der Waals surface area contributed by atoms with E-state index in [1.165, 1.54) is 0 Å². The summed E-state index contributed by atoms with van der Waals surface area (Å²) in [4.78, 5) is 13.2. The quantitative estimate of drug-likeness (QED) is 0.834. The van der Waals surface area contributed by atoms with Crippen molar-refractivity contribution in [3.63, 3.8) is 0 Å². The number of urea groups is 1. The summed E-state index contributed by atoms with van der Waals surface area (Å²) in [6, 6.07) is 4.50. The number of ether oxygens (including phenoxy) is 1. The maximum atomic E-state index is 11.4. The molecular formula is C15H20N3O3+. The van der Waals surface area contributed by atoms with Crippen molar-refractivity contribution < 1.29 is 14.7 Å². The van der Waals surface area contributed by atoms with E-state index in [9.17, 15) is 4.79 Å². The van der Waals surface area contributed by atoms with Crippen LogP contribution in [0.15, 0.2) is 6.07 Å². The van der Waals surface area contributed by atoms with E-state index >= 15 is 0 Å². The van der Waals surface area contributed by atoms with E-state index in [1.807, 2.05) is 26.8 Å². The molecule has 2 rings (SSSR count). The molecule has 1 aromatic rings. The Morgan fingerprint density at radius 3 is 2.81 bits per heavy atom. The summed E-state index contributed by atoms with van der Waals surface area (Å²) < 4.78 is 5.83.